The summed E-state index contributed by atoms with van der Waals surface area (Å²) in [6.07, 6.45) is 3.45. The van der Waals surface area contributed by atoms with Crippen LogP contribution in [-0.2, 0) is 0 Å². The first-order valence-electron chi connectivity index (χ1n) is 6.70. The molecular weight excluding hydrogens is 210 g/mol. The monoisotopic (exact) mass is 235 g/mol. The average molecular weight is 235 g/mol. The molecule has 2 heteroatoms. The predicted octanol–water partition coefficient (Wildman–Crippen LogP) is 2.27. The maximum Gasteiger partial charge on any atom is 0.112 e. The van der Waals surface area contributed by atoms with E-state index in [4.69, 9.17) is 5.11 Å². The van der Waals surface area contributed by atoms with Crippen molar-refractivity contribution in [2.75, 3.05) is 13.1 Å². The Morgan fingerprint density at radius 2 is 2.06 bits per heavy atom. The van der Waals surface area contributed by atoms with Gasteiger partial charge in [-0.15, -0.1) is 0 Å². The second-order valence-electron chi connectivity index (χ2n) is 7.12. The van der Waals surface area contributed by atoms with Crippen LogP contribution in [0.15, 0.2) is 0 Å². The molecule has 2 aliphatic rings. The molecule has 0 radical (unpaired) electrons. The third-order valence-corrected chi connectivity index (χ3v) is 4.12. The minimum Gasteiger partial charge on any atom is -0.381 e. The third kappa shape index (κ3) is 3.03. The Kier molecular flexibility index (Phi) is 3.27. The Hall–Kier alpha value is -0.520. The fraction of sp³-hybridized carbons (Fsp3) is 0.867. The molecule has 1 N–H and O–H groups in total. The van der Waals surface area contributed by atoms with Gasteiger partial charge in [-0.05, 0) is 37.0 Å². The van der Waals surface area contributed by atoms with Gasteiger partial charge in [0.1, 0.15) is 6.10 Å². The Morgan fingerprint density at radius 3 is 2.71 bits per heavy atom. The maximum atomic E-state index is 9.16. The normalized spacial score (nSPS) is 37.4. The summed E-state index contributed by atoms with van der Waals surface area (Å²) in [6.45, 7) is 10.9. The standard InChI is InChI=1S/C15H25NO/c1-12(17)6-5-7-16-11-15(4)9-13(16)8-14(2,3)10-15/h12-13,17H,7-11H2,1-4H3/t12-,13-,15-/m1/s1. The highest BCUT2D eigenvalue weighted by Crippen LogP contribution is 2.52. The molecule has 3 atom stereocenters. The van der Waals surface area contributed by atoms with E-state index in [2.05, 4.69) is 37.5 Å². The summed E-state index contributed by atoms with van der Waals surface area (Å²) in [7, 11) is 0. The van der Waals surface area contributed by atoms with E-state index in [1.807, 2.05) is 0 Å². The fourth-order valence-corrected chi connectivity index (χ4v) is 4.06. The van der Waals surface area contributed by atoms with Crippen LogP contribution in [0.3, 0.4) is 0 Å². The van der Waals surface area contributed by atoms with Gasteiger partial charge in [-0.25, -0.2) is 0 Å². The van der Waals surface area contributed by atoms with Crippen LogP contribution in [-0.4, -0.2) is 35.2 Å². The zero-order chi connectivity index (χ0) is 12.7. The lowest BCUT2D eigenvalue weighted by Gasteiger charge is -2.39. The van der Waals surface area contributed by atoms with Crippen molar-refractivity contribution in [1.82, 2.24) is 4.90 Å². The lowest BCUT2D eigenvalue weighted by molar-refractivity contribution is 0.129. The van der Waals surface area contributed by atoms with E-state index in [1.165, 1.54) is 25.8 Å². The van der Waals surface area contributed by atoms with Gasteiger partial charge in [-0.3, -0.25) is 4.90 Å². The molecule has 0 aromatic heterocycles. The van der Waals surface area contributed by atoms with Crippen LogP contribution < -0.4 is 0 Å². The van der Waals surface area contributed by atoms with Crippen LogP contribution in [0.2, 0.25) is 0 Å². The van der Waals surface area contributed by atoms with Crippen LogP contribution >= 0.6 is 0 Å². The molecule has 0 unspecified atom stereocenters. The Labute approximate surface area is 105 Å². The second kappa shape index (κ2) is 4.30. The minimum absolute atomic E-state index is 0.476. The third-order valence-electron chi connectivity index (χ3n) is 4.12. The van der Waals surface area contributed by atoms with Gasteiger partial charge in [0, 0.05) is 12.6 Å². The number of fused-ring (bicyclic) bond motifs is 2. The van der Waals surface area contributed by atoms with Crippen molar-refractivity contribution < 1.29 is 5.11 Å². The number of likely N-dealkylation sites (tertiary alicyclic amines) is 1. The summed E-state index contributed by atoms with van der Waals surface area (Å²) < 4.78 is 0. The molecule has 2 rings (SSSR count). The molecule has 17 heavy (non-hydrogen) atoms. The highest BCUT2D eigenvalue weighted by Gasteiger charge is 2.49. The van der Waals surface area contributed by atoms with Crippen LogP contribution in [0.1, 0.15) is 47.0 Å². The van der Waals surface area contributed by atoms with Gasteiger partial charge in [0.25, 0.3) is 0 Å². The summed E-state index contributed by atoms with van der Waals surface area (Å²) in [6, 6.07) is 0.701. The van der Waals surface area contributed by atoms with Crippen LogP contribution in [0.5, 0.6) is 0 Å². The number of hydrogen-bond acceptors (Lipinski definition) is 2. The largest absolute Gasteiger partial charge is 0.381 e. The van der Waals surface area contributed by atoms with Crippen LogP contribution in [0.25, 0.3) is 0 Å². The van der Waals surface area contributed by atoms with Crippen molar-refractivity contribution in [3.05, 3.63) is 0 Å². The highest BCUT2D eigenvalue weighted by molar-refractivity contribution is 5.09. The van der Waals surface area contributed by atoms with Gasteiger partial charge in [-0.2, -0.15) is 0 Å². The molecule has 1 saturated heterocycles. The van der Waals surface area contributed by atoms with E-state index >= 15 is 0 Å². The Morgan fingerprint density at radius 1 is 1.35 bits per heavy atom. The molecule has 0 aromatic rings. The van der Waals surface area contributed by atoms with Crippen LogP contribution in [0.4, 0.5) is 0 Å². The van der Waals surface area contributed by atoms with Crippen molar-refractivity contribution in [2.24, 2.45) is 10.8 Å². The van der Waals surface area contributed by atoms with E-state index in [9.17, 15) is 0 Å². The number of rotatable bonds is 1. The van der Waals surface area contributed by atoms with Gasteiger partial charge >= 0.3 is 0 Å². The van der Waals surface area contributed by atoms with E-state index in [0.717, 1.165) is 6.54 Å². The molecule has 1 heterocycles. The average Bonchev–Trinajstić information content (AvgIpc) is 2.34. The van der Waals surface area contributed by atoms with Crippen LogP contribution in [0, 0.1) is 22.7 Å². The number of aliphatic hydroxyl groups is 1. The predicted molar refractivity (Wildman–Crippen MR) is 70.6 cm³/mol. The zero-order valence-electron chi connectivity index (χ0n) is 11.6. The van der Waals surface area contributed by atoms with Crippen molar-refractivity contribution >= 4 is 0 Å². The van der Waals surface area contributed by atoms with E-state index in [1.54, 1.807) is 6.92 Å². The number of nitrogens with zero attached hydrogens (tertiary/aromatic N) is 1. The summed E-state index contributed by atoms with van der Waals surface area (Å²) in [5.74, 6) is 5.96. The van der Waals surface area contributed by atoms with E-state index in [0.29, 0.717) is 16.9 Å². The lowest BCUT2D eigenvalue weighted by Crippen LogP contribution is -2.34. The quantitative estimate of drug-likeness (QED) is 0.705. The minimum atomic E-state index is -0.496. The first-order valence-corrected chi connectivity index (χ1v) is 6.70. The van der Waals surface area contributed by atoms with Gasteiger partial charge in [0.05, 0.1) is 6.54 Å². The van der Waals surface area contributed by atoms with Gasteiger partial charge in [-0.1, -0.05) is 32.6 Å². The molecule has 2 fully saturated rings. The zero-order valence-corrected chi connectivity index (χ0v) is 11.6. The molecular formula is C15H25NO. The first-order chi connectivity index (χ1) is 7.80. The lowest BCUT2D eigenvalue weighted by atomic mass is 9.65. The highest BCUT2D eigenvalue weighted by atomic mass is 16.3. The van der Waals surface area contributed by atoms with E-state index in [-0.39, 0.29) is 0 Å². The first kappa shape index (κ1) is 12.9. The summed E-state index contributed by atoms with van der Waals surface area (Å²) in [4.78, 5) is 2.52. The summed E-state index contributed by atoms with van der Waals surface area (Å²) in [5, 5.41) is 9.16. The molecule has 2 bridgehead atoms. The molecule has 1 saturated carbocycles. The Balaban J connectivity index is 2.02. The second-order valence-corrected chi connectivity index (χ2v) is 7.12. The molecule has 2 nitrogen and oxygen atoms in total. The molecule has 1 aliphatic carbocycles. The van der Waals surface area contributed by atoms with Crippen molar-refractivity contribution in [2.45, 2.75) is 59.1 Å². The van der Waals surface area contributed by atoms with Gasteiger partial charge in [0.2, 0.25) is 0 Å². The molecule has 96 valence electrons. The fourth-order valence-electron chi connectivity index (χ4n) is 4.06. The SMILES string of the molecule is C[C@@H](O)C#CCN1C[C@]2(C)C[C@H]1CC(C)(C)C2. The van der Waals surface area contributed by atoms with Crippen molar-refractivity contribution in [3.8, 4) is 11.8 Å². The Bertz CT molecular complexity index is 350. The van der Waals surface area contributed by atoms with Crippen molar-refractivity contribution in [1.29, 1.82) is 0 Å². The topological polar surface area (TPSA) is 23.5 Å². The van der Waals surface area contributed by atoms with Crippen molar-refractivity contribution in [3.63, 3.8) is 0 Å². The molecule has 1 aliphatic heterocycles. The summed E-state index contributed by atoms with van der Waals surface area (Å²) >= 11 is 0. The van der Waals surface area contributed by atoms with Gasteiger partial charge in [0.15, 0.2) is 0 Å². The maximum absolute atomic E-state index is 9.16. The van der Waals surface area contributed by atoms with Gasteiger partial charge < -0.3 is 5.11 Å². The summed E-state index contributed by atoms with van der Waals surface area (Å²) in [5.41, 5.74) is 0.961. The smallest absolute Gasteiger partial charge is 0.112 e. The molecule has 0 amide bonds. The molecule has 0 aromatic carbocycles. The van der Waals surface area contributed by atoms with E-state index < -0.39 is 6.10 Å². The molecule has 0 spiro atoms. The number of aliphatic hydroxyl groups excluding tert-OH is 1. The number of hydrogen-bond donors (Lipinski definition) is 1.